The Hall–Kier alpha value is -3.69. The predicted molar refractivity (Wildman–Crippen MR) is 170 cm³/mol. The van der Waals surface area contributed by atoms with Crippen molar-refractivity contribution in [1.82, 2.24) is 19.9 Å². The van der Waals surface area contributed by atoms with Gasteiger partial charge in [-0.2, -0.15) is 5.10 Å². The van der Waals surface area contributed by atoms with Crippen molar-refractivity contribution >= 4 is 19.9 Å². The third kappa shape index (κ3) is 7.77. The van der Waals surface area contributed by atoms with E-state index in [9.17, 15) is 4.79 Å². The van der Waals surface area contributed by atoms with Crippen molar-refractivity contribution in [3.05, 3.63) is 72.2 Å². The first-order valence-corrected chi connectivity index (χ1v) is 17.3. The van der Waals surface area contributed by atoms with Gasteiger partial charge in [-0.15, -0.1) is 0 Å². The molecule has 0 fully saturated rings. The molecule has 0 bridgehead atoms. The second-order valence-corrected chi connectivity index (χ2v) is 18.0. The van der Waals surface area contributed by atoms with Crippen molar-refractivity contribution in [3.63, 3.8) is 0 Å². The average Bonchev–Trinajstić information content (AvgIpc) is 3.34. The molecule has 0 radical (unpaired) electrons. The van der Waals surface area contributed by atoms with E-state index in [1.165, 1.54) is 0 Å². The van der Waals surface area contributed by atoms with E-state index < -0.39 is 20.0 Å². The zero-order valence-corrected chi connectivity index (χ0v) is 27.4. The largest absolute Gasteiger partial charge is 0.491 e. The van der Waals surface area contributed by atoms with Crippen molar-refractivity contribution in [3.8, 4) is 28.1 Å². The predicted octanol–water partition coefficient (Wildman–Crippen LogP) is 7.80. The zero-order chi connectivity index (χ0) is 30.7. The summed E-state index contributed by atoms with van der Waals surface area (Å²) in [6, 6.07) is 16.3. The molecular formula is C33H44N4O4Si. The molecule has 42 heavy (non-hydrogen) atoms. The third-order valence-corrected chi connectivity index (χ3v) is 12.2. The Morgan fingerprint density at radius 1 is 0.929 bits per heavy atom. The topological polar surface area (TPSA) is 87.0 Å². The molecule has 0 spiro atoms. The van der Waals surface area contributed by atoms with E-state index in [2.05, 4.69) is 73.5 Å². The number of carbonyl (C=O) groups is 1. The number of hydrogen-bond acceptors (Lipinski definition) is 6. The Kier molecular flexibility index (Phi) is 9.13. The van der Waals surface area contributed by atoms with Gasteiger partial charge in [0, 0.05) is 23.9 Å². The highest BCUT2D eigenvalue weighted by atomic mass is 28.4. The number of rotatable bonds is 9. The summed E-state index contributed by atoms with van der Waals surface area (Å²) < 4.78 is 19.4. The van der Waals surface area contributed by atoms with Gasteiger partial charge in [-0.3, -0.25) is 0 Å². The zero-order valence-electron chi connectivity index (χ0n) is 26.4. The van der Waals surface area contributed by atoms with Crippen LogP contribution in [0.5, 0.6) is 5.75 Å². The second-order valence-electron chi connectivity index (χ2n) is 13.1. The van der Waals surface area contributed by atoms with E-state index in [-0.39, 0.29) is 5.04 Å². The number of aryl methyl sites for hydroxylation is 1. The Bertz CT molecular complexity index is 1530. The van der Waals surface area contributed by atoms with Crippen LogP contribution < -0.4 is 10.1 Å². The lowest BCUT2D eigenvalue weighted by Gasteiger charge is -2.36. The standard InChI is InChI=1S/C33H44N4O4Si/c1-23-18-25(10-11-26(23)20-34-31(38)41-32(2,3)4)30-29-19-27(21-37(29)36-22-35-30)24-12-14-28(15-13-24)39-16-17-40-42(8,9)33(5,6)7/h10-15,18-19,21-22H,16-17,20H2,1-9H3,(H,34,38). The molecule has 1 N–H and O–H groups in total. The van der Waals surface area contributed by atoms with E-state index >= 15 is 0 Å². The first-order valence-electron chi connectivity index (χ1n) is 14.4. The maximum absolute atomic E-state index is 12.1. The van der Waals surface area contributed by atoms with E-state index in [1.807, 2.05) is 62.7 Å². The van der Waals surface area contributed by atoms with Crippen LogP contribution in [0.4, 0.5) is 4.79 Å². The molecule has 4 rings (SSSR count). The van der Waals surface area contributed by atoms with Gasteiger partial charge in [0.1, 0.15) is 24.3 Å². The van der Waals surface area contributed by atoms with Crippen LogP contribution in [-0.4, -0.2) is 47.8 Å². The van der Waals surface area contributed by atoms with Gasteiger partial charge in [-0.25, -0.2) is 14.3 Å². The summed E-state index contributed by atoms with van der Waals surface area (Å²) in [7, 11) is -1.78. The van der Waals surface area contributed by atoms with Gasteiger partial charge in [0.25, 0.3) is 0 Å². The maximum atomic E-state index is 12.1. The van der Waals surface area contributed by atoms with Crippen LogP contribution in [0, 0.1) is 6.92 Å². The Morgan fingerprint density at radius 3 is 2.26 bits per heavy atom. The van der Waals surface area contributed by atoms with Crippen LogP contribution >= 0.6 is 0 Å². The van der Waals surface area contributed by atoms with Crippen LogP contribution in [0.2, 0.25) is 18.1 Å². The SMILES string of the molecule is Cc1cc(-c2ncnn3cc(-c4ccc(OCCO[Si](C)(C)C(C)(C)C)cc4)cc23)ccc1CNC(=O)OC(C)(C)C. The fraction of sp³-hybridized carbons (Fsp3) is 0.424. The number of nitrogens with zero attached hydrogens (tertiary/aromatic N) is 3. The Morgan fingerprint density at radius 2 is 1.62 bits per heavy atom. The van der Waals surface area contributed by atoms with Gasteiger partial charge in [0.05, 0.1) is 17.8 Å². The summed E-state index contributed by atoms with van der Waals surface area (Å²) >= 11 is 0. The summed E-state index contributed by atoms with van der Waals surface area (Å²) in [6.07, 6.45) is 3.15. The fourth-order valence-electron chi connectivity index (χ4n) is 4.25. The molecule has 0 saturated heterocycles. The number of amides is 1. The number of hydrogen-bond donors (Lipinski definition) is 1. The highest BCUT2D eigenvalue weighted by Crippen LogP contribution is 2.36. The van der Waals surface area contributed by atoms with Gasteiger partial charge in [-0.05, 0) is 86.8 Å². The molecule has 2 aromatic heterocycles. The molecule has 9 heteroatoms. The summed E-state index contributed by atoms with van der Waals surface area (Å²) in [5.41, 5.74) is 6.37. The van der Waals surface area contributed by atoms with Crippen LogP contribution in [0.25, 0.3) is 27.9 Å². The van der Waals surface area contributed by atoms with E-state index in [4.69, 9.17) is 13.9 Å². The molecule has 0 aliphatic rings. The van der Waals surface area contributed by atoms with E-state index in [1.54, 1.807) is 6.33 Å². The number of alkyl carbamates (subject to hydrolysis) is 1. The normalized spacial score (nSPS) is 12.4. The molecule has 2 heterocycles. The minimum absolute atomic E-state index is 0.183. The highest BCUT2D eigenvalue weighted by molar-refractivity contribution is 6.74. The Balaban J connectivity index is 1.43. The first-order chi connectivity index (χ1) is 19.6. The lowest BCUT2D eigenvalue weighted by Crippen LogP contribution is -2.41. The number of carbonyl (C=O) groups excluding carboxylic acids is 1. The summed E-state index contributed by atoms with van der Waals surface area (Å²) in [4.78, 5) is 16.7. The number of fused-ring (bicyclic) bond motifs is 1. The molecule has 0 aliphatic heterocycles. The molecule has 1 amide bonds. The number of ether oxygens (including phenoxy) is 2. The van der Waals surface area contributed by atoms with Crippen molar-refractivity contribution in [2.24, 2.45) is 0 Å². The number of aromatic nitrogens is 3. The number of nitrogens with one attached hydrogen (secondary N) is 1. The third-order valence-electron chi connectivity index (χ3n) is 7.65. The summed E-state index contributed by atoms with van der Waals surface area (Å²) in [6.45, 7) is 20.3. The van der Waals surface area contributed by atoms with Gasteiger partial charge in [-0.1, -0.05) is 45.0 Å². The molecule has 0 saturated carbocycles. The van der Waals surface area contributed by atoms with Crippen LogP contribution in [0.3, 0.4) is 0 Å². The highest BCUT2D eigenvalue weighted by Gasteiger charge is 2.36. The van der Waals surface area contributed by atoms with Gasteiger partial charge < -0.3 is 19.2 Å². The molecule has 0 aliphatic carbocycles. The average molecular weight is 589 g/mol. The van der Waals surface area contributed by atoms with Crippen molar-refractivity contribution in [2.75, 3.05) is 13.2 Å². The monoisotopic (exact) mass is 588 g/mol. The smallest absolute Gasteiger partial charge is 0.407 e. The summed E-state index contributed by atoms with van der Waals surface area (Å²) in [5, 5.41) is 7.46. The minimum Gasteiger partial charge on any atom is -0.491 e. The lowest BCUT2D eigenvalue weighted by atomic mass is 10.0. The van der Waals surface area contributed by atoms with Crippen molar-refractivity contribution < 1.29 is 18.7 Å². The lowest BCUT2D eigenvalue weighted by molar-refractivity contribution is 0.0523. The molecule has 2 aromatic carbocycles. The van der Waals surface area contributed by atoms with Crippen molar-refractivity contribution in [1.29, 1.82) is 0 Å². The van der Waals surface area contributed by atoms with Gasteiger partial charge in [0.15, 0.2) is 8.32 Å². The molecule has 4 aromatic rings. The van der Waals surface area contributed by atoms with Crippen LogP contribution in [-0.2, 0) is 15.7 Å². The van der Waals surface area contributed by atoms with Crippen LogP contribution in [0.1, 0.15) is 52.7 Å². The maximum Gasteiger partial charge on any atom is 0.407 e. The molecule has 0 unspecified atom stereocenters. The molecule has 0 atom stereocenters. The number of benzene rings is 2. The fourth-order valence-corrected chi connectivity index (χ4v) is 5.28. The van der Waals surface area contributed by atoms with Gasteiger partial charge in [0.2, 0.25) is 0 Å². The van der Waals surface area contributed by atoms with Gasteiger partial charge >= 0.3 is 6.09 Å². The minimum atomic E-state index is -1.78. The Labute approximate surface area is 250 Å². The molecule has 8 nitrogen and oxygen atoms in total. The first kappa shape index (κ1) is 31.2. The molecular weight excluding hydrogens is 544 g/mol. The summed E-state index contributed by atoms with van der Waals surface area (Å²) in [5.74, 6) is 0.818. The van der Waals surface area contributed by atoms with Crippen LogP contribution in [0.15, 0.2) is 61.1 Å². The second kappa shape index (κ2) is 12.3. The molecule has 224 valence electrons. The quantitative estimate of drug-likeness (QED) is 0.159. The van der Waals surface area contributed by atoms with E-state index in [0.29, 0.717) is 19.8 Å². The van der Waals surface area contributed by atoms with E-state index in [0.717, 1.165) is 44.8 Å². The van der Waals surface area contributed by atoms with Crippen molar-refractivity contribution in [2.45, 2.75) is 78.7 Å².